The van der Waals surface area contributed by atoms with Crippen molar-refractivity contribution in [2.75, 3.05) is 6.54 Å². The molecule has 0 saturated carbocycles. The van der Waals surface area contributed by atoms with E-state index in [-0.39, 0.29) is 0 Å². The van der Waals surface area contributed by atoms with Crippen LogP contribution in [0.5, 0.6) is 0 Å². The van der Waals surface area contributed by atoms with E-state index in [1.54, 1.807) is 0 Å². The minimum atomic E-state index is 0.296. The SMILES string of the molecule is NCC(Sc1ccc2c(c1)CCC2)c1ccccc1Br. The van der Waals surface area contributed by atoms with Gasteiger partial charge in [-0.25, -0.2) is 0 Å². The van der Waals surface area contributed by atoms with Gasteiger partial charge in [0.05, 0.1) is 0 Å². The average molecular weight is 348 g/mol. The summed E-state index contributed by atoms with van der Waals surface area (Å²) in [6.45, 7) is 0.643. The number of hydrogen-bond donors (Lipinski definition) is 1. The second-order valence-corrected chi connectivity index (χ2v) is 7.28. The Labute approximate surface area is 133 Å². The van der Waals surface area contributed by atoms with Crippen molar-refractivity contribution >= 4 is 27.7 Å². The van der Waals surface area contributed by atoms with Crippen molar-refractivity contribution in [1.82, 2.24) is 0 Å². The van der Waals surface area contributed by atoms with E-state index in [2.05, 4.69) is 52.3 Å². The Morgan fingerprint density at radius 2 is 1.90 bits per heavy atom. The van der Waals surface area contributed by atoms with E-state index >= 15 is 0 Å². The molecule has 1 aliphatic rings. The largest absolute Gasteiger partial charge is 0.329 e. The zero-order valence-electron chi connectivity index (χ0n) is 11.3. The Bertz CT molecular complexity index is 612. The summed E-state index contributed by atoms with van der Waals surface area (Å²) in [5, 5.41) is 0.296. The summed E-state index contributed by atoms with van der Waals surface area (Å²) in [5.41, 5.74) is 10.3. The lowest BCUT2D eigenvalue weighted by molar-refractivity contribution is 0.911. The number of fused-ring (bicyclic) bond motifs is 1. The van der Waals surface area contributed by atoms with Gasteiger partial charge in [0.1, 0.15) is 0 Å². The molecule has 2 N–H and O–H groups in total. The van der Waals surface area contributed by atoms with Crippen LogP contribution in [0.3, 0.4) is 0 Å². The molecule has 0 bridgehead atoms. The molecule has 1 atom stereocenters. The van der Waals surface area contributed by atoms with E-state index in [1.807, 2.05) is 17.8 Å². The molecule has 0 aliphatic heterocycles. The molecular formula is C17H18BrNS. The monoisotopic (exact) mass is 347 g/mol. The Morgan fingerprint density at radius 3 is 2.70 bits per heavy atom. The summed E-state index contributed by atoms with van der Waals surface area (Å²) >= 11 is 5.50. The van der Waals surface area contributed by atoms with Gasteiger partial charge in [0.25, 0.3) is 0 Å². The molecule has 0 radical (unpaired) electrons. The summed E-state index contributed by atoms with van der Waals surface area (Å²) < 4.78 is 1.14. The van der Waals surface area contributed by atoms with E-state index in [9.17, 15) is 0 Å². The van der Waals surface area contributed by atoms with Gasteiger partial charge in [-0.2, -0.15) is 0 Å². The zero-order chi connectivity index (χ0) is 13.9. The van der Waals surface area contributed by atoms with Gasteiger partial charge >= 0.3 is 0 Å². The van der Waals surface area contributed by atoms with Crippen molar-refractivity contribution in [3.63, 3.8) is 0 Å². The van der Waals surface area contributed by atoms with Crippen LogP contribution < -0.4 is 5.73 Å². The quantitative estimate of drug-likeness (QED) is 0.809. The third kappa shape index (κ3) is 2.95. The second kappa shape index (κ2) is 6.33. The first kappa shape index (κ1) is 14.2. The summed E-state index contributed by atoms with van der Waals surface area (Å²) in [7, 11) is 0. The topological polar surface area (TPSA) is 26.0 Å². The first-order chi connectivity index (χ1) is 9.78. The van der Waals surface area contributed by atoms with Crippen molar-refractivity contribution < 1.29 is 0 Å². The van der Waals surface area contributed by atoms with Gasteiger partial charge in [-0.05, 0) is 54.2 Å². The number of aryl methyl sites for hydroxylation is 2. The third-order valence-corrected chi connectivity index (χ3v) is 5.79. The highest BCUT2D eigenvalue weighted by atomic mass is 79.9. The molecule has 2 aromatic carbocycles. The lowest BCUT2D eigenvalue weighted by Gasteiger charge is -2.17. The molecule has 0 fully saturated rings. The van der Waals surface area contributed by atoms with Crippen LogP contribution >= 0.6 is 27.7 Å². The Kier molecular flexibility index (Phi) is 4.49. The molecule has 0 amide bonds. The summed E-state index contributed by atoms with van der Waals surface area (Å²) in [5.74, 6) is 0. The van der Waals surface area contributed by atoms with Gasteiger partial charge in [0, 0.05) is 21.2 Å². The molecule has 3 heteroatoms. The van der Waals surface area contributed by atoms with Crippen molar-refractivity contribution in [1.29, 1.82) is 0 Å². The first-order valence-electron chi connectivity index (χ1n) is 7.01. The number of hydrogen-bond acceptors (Lipinski definition) is 2. The van der Waals surface area contributed by atoms with Crippen molar-refractivity contribution in [3.05, 3.63) is 63.6 Å². The maximum Gasteiger partial charge on any atom is 0.0478 e. The van der Waals surface area contributed by atoms with Crippen LogP contribution in [0.2, 0.25) is 0 Å². The van der Waals surface area contributed by atoms with Crippen molar-refractivity contribution in [2.45, 2.75) is 29.4 Å². The average Bonchev–Trinajstić information content (AvgIpc) is 2.93. The first-order valence-corrected chi connectivity index (χ1v) is 8.68. The second-order valence-electron chi connectivity index (χ2n) is 5.15. The summed E-state index contributed by atoms with van der Waals surface area (Å²) in [6.07, 6.45) is 3.77. The van der Waals surface area contributed by atoms with Gasteiger partial charge in [-0.3, -0.25) is 0 Å². The predicted octanol–water partition coefficient (Wildman–Crippen LogP) is 4.73. The number of benzene rings is 2. The predicted molar refractivity (Wildman–Crippen MR) is 90.3 cm³/mol. The van der Waals surface area contributed by atoms with Crippen LogP contribution in [0.15, 0.2) is 51.8 Å². The number of thioether (sulfide) groups is 1. The van der Waals surface area contributed by atoms with E-state index < -0.39 is 0 Å². The Balaban J connectivity index is 1.83. The minimum absolute atomic E-state index is 0.296. The number of nitrogens with two attached hydrogens (primary N) is 1. The molecule has 1 aliphatic carbocycles. The lowest BCUT2D eigenvalue weighted by Crippen LogP contribution is -2.09. The van der Waals surface area contributed by atoms with Gasteiger partial charge in [0.15, 0.2) is 0 Å². The van der Waals surface area contributed by atoms with Crippen LogP contribution in [0.4, 0.5) is 0 Å². The maximum absolute atomic E-state index is 5.99. The van der Waals surface area contributed by atoms with Crippen LogP contribution in [0, 0.1) is 0 Å². The lowest BCUT2D eigenvalue weighted by atomic mass is 10.1. The molecule has 0 spiro atoms. The zero-order valence-corrected chi connectivity index (χ0v) is 13.7. The van der Waals surface area contributed by atoms with Gasteiger partial charge < -0.3 is 5.73 Å². The molecule has 1 unspecified atom stereocenters. The molecule has 0 heterocycles. The normalized spacial score (nSPS) is 15.1. The summed E-state index contributed by atoms with van der Waals surface area (Å²) in [4.78, 5) is 1.33. The minimum Gasteiger partial charge on any atom is -0.329 e. The third-order valence-electron chi connectivity index (χ3n) is 3.81. The smallest absolute Gasteiger partial charge is 0.0478 e. The van der Waals surface area contributed by atoms with Crippen molar-refractivity contribution in [2.24, 2.45) is 5.73 Å². The molecular weight excluding hydrogens is 330 g/mol. The Morgan fingerprint density at radius 1 is 1.10 bits per heavy atom. The molecule has 0 saturated heterocycles. The van der Waals surface area contributed by atoms with E-state index in [4.69, 9.17) is 5.73 Å². The standard InChI is InChI=1S/C17H18BrNS/c18-16-7-2-1-6-15(16)17(11-19)20-14-9-8-12-4-3-5-13(12)10-14/h1-2,6-10,17H,3-5,11,19H2. The molecule has 3 rings (SSSR count). The van der Waals surface area contributed by atoms with Crippen LogP contribution in [-0.4, -0.2) is 6.54 Å². The van der Waals surface area contributed by atoms with E-state index in [0.29, 0.717) is 11.8 Å². The van der Waals surface area contributed by atoms with E-state index in [1.165, 1.54) is 40.8 Å². The Hall–Kier alpha value is -0.770. The van der Waals surface area contributed by atoms with Crippen LogP contribution in [-0.2, 0) is 12.8 Å². The van der Waals surface area contributed by atoms with Gasteiger partial charge in [-0.15, -0.1) is 11.8 Å². The van der Waals surface area contributed by atoms with Crippen molar-refractivity contribution in [3.8, 4) is 0 Å². The van der Waals surface area contributed by atoms with E-state index in [0.717, 1.165) is 4.47 Å². The van der Waals surface area contributed by atoms with Gasteiger partial charge in [-0.1, -0.05) is 40.2 Å². The number of rotatable bonds is 4. The summed E-state index contributed by atoms with van der Waals surface area (Å²) in [6, 6.07) is 15.2. The fourth-order valence-corrected chi connectivity index (χ4v) is 4.59. The fourth-order valence-electron chi connectivity index (χ4n) is 2.76. The fraction of sp³-hybridized carbons (Fsp3) is 0.294. The van der Waals surface area contributed by atoms with Crippen LogP contribution in [0.25, 0.3) is 0 Å². The maximum atomic E-state index is 5.99. The highest BCUT2D eigenvalue weighted by Crippen LogP contribution is 2.39. The highest BCUT2D eigenvalue weighted by molar-refractivity contribution is 9.10. The molecule has 104 valence electrons. The molecule has 1 nitrogen and oxygen atoms in total. The van der Waals surface area contributed by atoms with Crippen LogP contribution in [0.1, 0.15) is 28.4 Å². The molecule has 20 heavy (non-hydrogen) atoms. The number of halogens is 1. The molecule has 2 aromatic rings. The highest BCUT2D eigenvalue weighted by Gasteiger charge is 2.16. The molecule has 0 aromatic heterocycles. The van der Waals surface area contributed by atoms with Gasteiger partial charge in [0.2, 0.25) is 0 Å².